The normalized spacial score (nSPS) is 15.9. The maximum absolute atomic E-state index is 12.9. The van der Waals surface area contributed by atoms with Gasteiger partial charge in [0.15, 0.2) is 11.5 Å². The summed E-state index contributed by atoms with van der Waals surface area (Å²) in [6.45, 7) is 1.76. The van der Waals surface area contributed by atoms with Crippen LogP contribution >= 0.6 is 15.9 Å². The Balaban J connectivity index is 2.09. The summed E-state index contributed by atoms with van der Waals surface area (Å²) in [7, 11) is 1.39. The fourth-order valence-electron chi connectivity index (χ4n) is 2.68. The smallest absolute Gasteiger partial charge is 0.335 e. The van der Waals surface area contributed by atoms with Gasteiger partial charge in [-0.15, -0.1) is 0 Å². The standard InChI is InChI=1S/C19H15BrN2O5/c1-10-5-3-4-6-14(10)22-18(25)12(17(24)21-19(22)26)7-11-8-16(27-2)15(23)9-13(11)20/h3-9,23H,1-2H3,(H,21,24,26)/b12-7+. The van der Waals surface area contributed by atoms with Crippen molar-refractivity contribution in [2.24, 2.45) is 0 Å². The first kappa shape index (κ1) is 18.7. The summed E-state index contributed by atoms with van der Waals surface area (Å²) in [5.74, 6) is -1.45. The molecule has 7 nitrogen and oxygen atoms in total. The molecule has 0 bridgehead atoms. The van der Waals surface area contributed by atoms with Crippen molar-refractivity contribution in [2.45, 2.75) is 6.92 Å². The van der Waals surface area contributed by atoms with Gasteiger partial charge in [-0.2, -0.15) is 0 Å². The summed E-state index contributed by atoms with van der Waals surface area (Å²) in [5, 5.41) is 12.0. The van der Waals surface area contributed by atoms with Gasteiger partial charge in [-0.05, 0) is 42.3 Å². The van der Waals surface area contributed by atoms with Crippen LogP contribution in [0, 0.1) is 6.92 Å². The number of ether oxygens (including phenoxy) is 1. The SMILES string of the molecule is COc1cc(/C=C2\C(=O)NC(=O)N(c3ccccc3C)C2=O)c(Br)cc1O. The van der Waals surface area contributed by atoms with Crippen molar-refractivity contribution in [3.8, 4) is 11.5 Å². The lowest BCUT2D eigenvalue weighted by Gasteiger charge is -2.27. The van der Waals surface area contributed by atoms with Gasteiger partial charge in [-0.3, -0.25) is 14.9 Å². The van der Waals surface area contributed by atoms with Crippen LogP contribution in [0.1, 0.15) is 11.1 Å². The molecule has 4 amide bonds. The average molecular weight is 431 g/mol. The third-order valence-corrected chi connectivity index (χ3v) is 4.74. The predicted molar refractivity (Wildman–Crippen MR) is 103 cm³/mol. The number of halogens is 1. The van der Waals surface area contributed by atoms with E-state index < -0.39 is 17.8 Å². The Bertz CT molecular complexity index is 1000. The van der Waals surface area contributed by atoms with Crippen LogP contribution in [0.5, 0.6) is 11.5 Å². The summed E-state index contributed by atoms with van der Waals surface area (Å²) in [4.78, 5) is 38.4. The number of nitrogens with one attached hydrogen (secondary N) is 1. The summed E-state index contributed by atoms with van der Waals surface area (Å²) in [5.41, 5.74) is 1.32. The van der Waals surface area contributed by atoms with E-state index in [2.05, 4.69) is 21.2 Å². The number of urea groups is 1. The molecule has 1 heterocycles. The Hall–Kier alpha value is -3.13. The van der Waals surface area contributed by atoms with Crippen molar-refractivity contribution < 1.29 is 24.2 Å². The topological polar surface area (TPSA) is 95.9 Å². The highest BCUT2D eigenvalue weighted by Crippen LogP contribution is 2.34. The van der Waals surface area contributed by atoms with E-state index in [0.29, 0.717) is 21.3 Å². The van der Waals surface area contributed by atoms with Gasteiger partial charge in [0.05, 0.1) is 12.8 Å². The molecule has 0 spiro atoms. The van der Waals surface area contributed by atoms with Gasteiger partial charge in [-0.25, -0.2) is 9.69 Å². The quantitative estimate of drug-likeness (QED) is 0.575. The number of anilines is 1. The van der Waals surface area contributed by atoms with E-state index in [1.54, 1.807) is 31.2 Å². The van der Waals surface area contributed by atoms with E-state index in [9.17, 15) is 19.5 Å². The third-order valence-electron chi connectivity index (χ3n) is 4.06. The van der Waals surface area contributed by atoms with E-state index in [0.717, 1.165) is 4.90 Å². The number of para-hydroxylation sites is 1. The number of imide groups is 2. The third kappa shape index (κ3) is 3.43. The summed E-state index contributed by atoms with van der Waals surface area (Å²) < 4.78 is 5.51. The second-order valence-electron chi connectivity index (χ2n) is 5.79. The summed E-state index contributed by atoms with van der Waals surface area (Å²) in [6.07, 6.45) is 1.33. The number of carbonyl (C=O) groups is 3. The van der Waals surface area contributed by atoms with Crippen LogP contribution in [0.4, 0.5) is 10.5 Å². The van der Waals surface area contributed by atoms with Crippen molar-refractivity contribution in [3.63, 3.8) is 0 Å². The molecule has 1 fully saturated rings. The molecule has 0 aliphatic carbocycles. The zero-order chi connectivity index (χ0) is 19.7. The van der Waals surface area contributed by atoms with Crippen molar-refractivity contribution in [1.29, 1.82) is 0 Å². The molecule has 2 aromatic carbocycles. The number of phenols is 1. The largest absolute Gasteiger partial charge is 0.504 e. The van der Waals surface area contributed by atoms with E-state index >= 15 is 0 Å². The summed E-state index contributed by atoms with van der Waals surface area (Å²) in [6, 6.07) is 8.93. The highest BCUT2D eigenvalue weighted by molar-refractivity contribution is 9.10. The van der Waals surface area contributed by atoms with Gasteiger partial charge in [0.2, 0.25) is 0 Å². The van der Waals surface area contributed by atoms with E-state index in [4.69, 9.17) is 4.74 Å². The molecule has 0 unspecified atom stereocenters. The molecular formula is C19H15BrN2O5. The molecule has 138 valence electrons. The minimum Gasteiger partial charge on any atom is -0.504 e. The maximum atomic E-state index is 12.9. The highest BCUT2D eigenvalue weighted by Gasteiger charge is 2.37. The fourth-order valence-corrected chi connectivity index (χ4v) is 3.12. The minimum absolute atomic E-state index is 0.0948. The number of aromatic hydroxyl groups is 1. The van der Waals surface area contributed by atoms with Gasteiger partial charge in [0, 0.05) is 4.47 Å². The zero-order valence-corrected chi connectivity index (χ0v) is 16.0. The molecule has 1 aliphatic rings. The number of amides is 4. The second-order valence-corrected chi connectivity index (χ2v) is 6.64. The lowest BCUT2D eigenvalue weighted by Crippen LogP contribution is -2.54. The zero-order valence-electron chi connectivity index (χ0n) is 14.4. The van der Waals surface area contributed by atoms with Crippen molar-refractivity contribution in [3.05, 3.63) is 57.6 Å². The number of carbonyl (C=O) groups excluding carboxylic acids is 3. The number of benzene rings is 2. The molecule has 8 heteroatoms. The van der Waals surface area contributed by atoms with Crippen molar-refractivity contribution in [1.82, 2.24) is 5.32 Å². The predicted octanol–water partition coefficient (Wildman–Crippen LogP) is 3.14. The molecule has 1 aliphatic heterocycles. The van der Waals surface area contributed by atoms with E-state index in [1.807, 2.05) is 0 Å². The van der Waals surface area contributed by atoms with Gasteiger partial charge in [-0.1, -0.05) is 34.1 Å². The van der Waals surface area contributed by atoms with E-state index in [1.165, 1.54) is 25.3 Å². The van der Waals surface area contributed by atoms with Gasteiger partial charge < -0.3 is 9.84 Å². The van der Waals surface area contributed by atoms with Gasteiger partial charge >= 0.3 is 6.03 Å². The fraction of sp³-hybridized carbons (Fsp3) is 0.105. The van der Waals surface area contributed by atoms with Crippen molar-refractivity contribution in [2.75, 3.05) is 12.0 Å². The minimum atomic E-state index is -0.807. The van der Waals surface area contributed by atoms with Crippen molar-refractivity contribution >= 4 is 45.5 Å². The Kier molecular flexibility index (Phi) is 5.00. The number of hydrogen-bond acceptors (Lipinski definition) is 5. The molecule has 0 atom stereocenters. The first-order chi connectivity index (χ1) is 12.8. The van der Waals surface area contributed by atoms with Crippen LogP contribution in [0.2, 0.25) is 0 Å². The molecule has 2 aromatic rings. The lowest BCUT2D eigenvalue weighted by atomic mass is 10.1. The monoisotopic (exact) mass is 430 g/mol. The number of hydrogen-bond donors (Lipinski definition) is 2. The van der Waals surface area contributed by atoms with Gasteiger partial charge in [0.1, 0.15) is 5.57 Å². The Morgan fingerprint density at radius 3 is 2.56 bits per heavy atom. The Labute approximate surface area is 163 Å². The van der Waals surface area contributed by atoms with Gasteiger partial charge in [0.25, 0.3) is 11.8 Å². The lowest BCUT2D eigenvalue weighted by molar-refractivity contribution is -0.122. The molecule has 1 saturated heterocycles. The molecular weight excluding hydrogens is 416 g/mol. The van der Waals surface area contributed by atoms with Crippen LogP contribution < -0.4 is 15.0 Å². The average Bonchev–Trinajstić information content (AvgIpc) is 2.61. The molecule has 0 aromatic heterocycles. The Morgan fingerprint density at radius 1 is 1.19 bits per heavy atom. The number of phenolic OH excluding ortho intramolecular Hbond substituents is 1. The van der Waals surface area contributed by atoms with Crippen LogP contribution in [0.25, 0.3) is 6.08 Å². The molecule has 27 heavy (non-hydrogen) atoms. The number of nitrogens with zero attached hydrogens (tertiary/aromatic N) is 1. The second kappa shape index (κ2) is 7.24. The Morgan fingerprint density at radius 2 is 1.89 bits per heavy atom. The maximum Gasteiger partial charge on any atom is 0.335 e. The first-order valence-corrected chi connectivity index (χ1v) is 8.66. The number of methoxy groups -OCH3 is 1. The molecule has 2 N–H and O–H groups in total. The van der Waals surface area contributed by atoms with Crippen LogP contribution in [-0.4, -0.2) is 30.1 Å². The van der Waals surface area contributed by atoms with Crippen LogP contribution in [0.3, 0.4) is 0 Å². The number of barbiturate groups is 1. The number of aryl methyl sites for hydroxylation is 1. The van der Waals surface area contributed by atoms with E-state index in [-0.39, 0.29) is 17.1 Å². The first-order valence-electron chi connectivity index (χ1n) is 7.87. The number of rotatable bonds is 3. The van der Waals surface area contributed by atoms with Crippen LogP contribution in [-0.2, 0) is 9.59 Å². The summed E-state index contributed by atoms with van der Waals surface area (Å²) >= 11 is 3.28. The molecule has 0 saturated carbocycles. The molecule has 0 radical (unpaired) electrons. The van der Waals surface area contributed by atoms with Crippen LogP contribution in [0.15, 0.2) is 46.4 Å². The highest BCUT2D eigenvalue weighted by atomic mass is 79.9. The molecule has 3 rings (SSSR count).